The molecule has 0 spiro atoms. The average molecular weight is 474 g/mol. The first-order valence-electron chi connectivity index (χ1n) is 9.53. The zero-order valence-corrected chi connectivity index (χ0v) is 18.9. The molecule has 0 radical (unpaired) electrons. The Labute approximate surface area is 179 Å². The minimum atomic E-state index is -3.71. The van der Waals surface area contributed by atoms with E-state index in [-0.39, 0.29) is 41.9 Å². The highest BCUT2D eigenvalue weighted by Crippen LogP contribution is 2.25. The van der Waals surface area contributed by atoms with Crippen LogP contribution in [-0.4, -0.2) is 90.5 Å². The highest BCUT2D eigenvalue weighted by molar-refractivity contribution is 7.91. The molecule has 1 N–H and O–H groups in total. The third kappa shape index (κ3) is 4.35. The molecule has 1 aromatic heterocycles. The second-order valence-corrected chi connectivity index (χ2v) is 12.6. The Morgan fingerprint density at radius 1 is 1.23 bits per heavy atom. The highest BCUT2D eigenvalue weighted by Gasteiger charge is 2.39. The van der Waals surface area contributed by atoms with Crippen molar-refractivity contribution in [3.63, 3.8) is 0 Å². The van der Waals surface area contributed by atoms with Crippen LogP contribution in [0.1, 0.15) is 13.3 Å². The highest BCUT2D eigenvalue weighted by atomic mass is 32.2. The van der Waals surface area contributed by atoms with Crippen LogP contribution >= 0.6 is 11.7 Å². The number of carbonyl (C=O) groups is 1. The summed E-state index contributed by atoms with van der Waals surface area (Å²) in [6.07, 6.45) is 0.407. The second-order valence-electron chi connectivity index (χ2n) is 8.02. The molecule has 30 heavy (non-hydrogen) atoms. The van der Waals surface area contributed by atoms with Gasteiger partial charge in [0.15, 0.2) is 9.84 Å². The first-order chi connectivity index (χ1) is 14.1. The summed E-state index contributed by atoms with van der Waals surface area (Å²) in [7, 11) is -6.81. The number of nitrogens with zero attached hydrogens (tertiary/aromatic N) is 4. The Kier molecular flexibility index (Phi) is 5.60. The maximum absolute atomic E-state index is 13.1. The zero-order valence-electron chi connectivity index (χ0n) is 16.4. The molecule has 2 aromatic rings. The smallest absolute Gasteiger partial charge is 0.245 e. The predicted octanol–water partition coefficient (Wildman–Crippen LogP) is -0.309. The molecule has 1 atom stereocenters. The molecular formula is C17H23N5O5S3. The van der Waals surface area contributed by atoms with Gasteiger partial charge in [0.1, 0.15) is 15.9 Å². The normalized spacial score (nSPS) is 25.5. The fourth-order valence-corrected chi connectivity index (χ4v) is 8.21. The number of sulfone groups is 1. The van der Waals surface area contributed by atoms with Crippen molar-refractivity contribution < 1.29 is 21.6 Å². The summed E-state index contributed by atoms with van der Waals surface area (Å²) in [5.74, 6) is -0.208. The second kappa shape index (κ2) is 7.79. The van der Waals surface area contributed by atoms with Crippen molar-refractivity contribution in [2.75, 3.05) is 44.2 Å². The van der Waals surface area contributed by atoms with E-state index in [4.69, 9.17) is 0 Å². The number of hydrogen-bond donors (Lipinski definition) is 1. The van der Waals surface area contributed by atoms with E-state index in [1.165, 1.54) is 10.4 Å². The maximum atomic E-state index is 13.1. The number of aromatic nitrogens is 2. The van der Waals surface area contributed by atoms with Gasteiger partial charge in [0.25, 0.3) is 0 Å². The van der Waals surface area contributed by atoms with Crippen LogP contribution in [0.5, 0.6) is 0 Å². The molecule has 2 aliphatic rings. The molecule has 13 heteroatoms. The standard InChI is InChI=1S/C17H23N5O5S3/c1-17(5-10-29(24,25)12-17)18-15(23)11-21-6-8-22(9-7-21)30(26,27)14-4-2-3-13-16(14)20-28-19-13/h2-4H,5-12H2,1H3,(H,18,23). The lowest BCUT2D eigenvalue weighted by atomic mass is 10.0. The van der Waals surface area contributed by atoms with E-state index < -0.39 is 25.4 Å². The van der Waals surface area contributed by atoms with Gasteiger partial charge in [0, 0.05) is 26.2 Å². The van der Waals surface area contributed by atoms with Gasteiger partial charge < -0.3 is 5.32 Å². The number of nitrogens with one attached hydrogen (secondary N) is 1. The van der Waals surface area contributed by atoms with Gasteiger partial charge in [-0.3, -0.25) is 9.69 Å². The average Bonchev–Trinajstić information content (AvgIpc) is 3.25. The van der Waals surface area contributed by atoms with Gasteiger partial charge in [0.05, 0.1) is 35.3 Å². The topological polar surface area (TPSA) is 130 Å². The first kappa shape index (κ1) is 21.6. The molecule has 1 aromatic carbocycles. The van der Waals surface area contributed by atoms with Crippen LogP contribution < -0.4 is 5.32 Å². The Bertz CT molecular complexity index is 1170. The number of benzene rings is 1. The summed E-state index contributed by atoms with van der Waals surface area (Å²) < 4.78 is 59.2. The van der Waals surface area contributed by atoms with Crippen molar-refractivity contribution in [3.05, 3.63) is 18.2 Å². The van der Waals surface area contributed by atoms with Crippen LogP contribution in [0, 0.1) is 0 Å². The van der Waals surface area contributed by atoms with Crippen LogP contribution in [0.2, 0.25) is 0 Å². The number of carbonyl (C=O) groups excluding carboxylic acids is 1. The fourth-order valence-electron chi connectivity index (χ4n) is 3.94. The molecule has 4 rings (SSSR count). The van der Waals surface area contributed by atoms with Gasteiger partial charge in [-0.2, -0.15) is 13.1 Å². The Balaban J connectivity index is 1.36. The molecule has 164 valence electrons. The predicted molar refractivity (Wildman–Crippen MR) is 112 cm³/mol. The molecule has 1 unspecified atom stereocenters. The van der Waals surface area contributed by atoms with Crippen molar-refractivity contribution >= 4 is 48.5 Å². The fraction of sp³-hybridized carbons (Fsp3) is 0.588. The monoisotopic (exact) mass is 473 g/mol. The number of amides is 1. The molecule has 2 aliphatic heterocycles. The van der Waals surface area contributed by atoms with Crippen molar-refractivity contribution in [1.29, 1.82) is 0 Å². The summed E-state index contributed by atoms with van der Waals surface area (Å²) >= 11 is 0.976. The van der Waals surface area contributed by atoms with E-state index in [1.807, 2.05) is 4.90 Å². The number of piperazine rings is 1. The lowest BCUT2D eigenvalue weighted by molar-refractivity contribution is -0.124. The van der Waals surface area contributed by atoms with E-state index in [0.717, 1.165) is 11.7 Å². The van der Waals surface area contributed by atoms with E-state index in [2.05, 4.69) is 14.1 Å². The summed E-state index contributed by atoms with van der Waals surface area (Å²) in [6.45, 7) is 3.19. The Hall–Kier alpha value is -1.67. The SMILES string of the molecule is CC1(NC(=O)CN2CCN(S(=O)(=O)c3cccc4nsnc34)CC2)CCS(=O)(=O)C1. The van der Waals surface area contributed by atoms with Crippen LogP contribution in [0.3, 0.4) is 0 Å². The molecule has 0 aliphatic carbocycles. The van der Waals surface area contributed by atoms with Crippen LogP contribution in [0.25, 0.3) is 11.0 Å². The summed E-state index contributed by atoms with van der Waals surface area (Å²) in [5.41, 5.74) is 0.198. The summed E-state index contributed by atoms with van der Waals surface area (Å²) in [4.78, 5) is 14.4. The van der Waals surface area contributed by atoms with Crippen LogP contribution in [-0.2, 0) is 24.7 Å². The zero-order chi connectivity index (χ0) is 21.6. The molecule has 2 fully saturated rings. The lowest BCUT2D eigenvalue weighted by Gasteiger charge is -2.34. The Morgan fingerprint density at radius 3 is 2.63 bits per heavy atom. The van der Waals surface area contributed by atoms with Gasteiger partial charge >= 0.3 is 0 Å². The van der Waals surface area contributed by atoms with E-state index in [0.29, 0.717) is 30.5 Å². The van der Waals surface area contributed by atoms with Crippen LogP contribution in [0.4, 0.5) is 0 Å². The number of hydrogen-bond acceptors (Lipinski definition) is 9. The number of sulfonamides is 1. The van der Waals surface area contributed by atoms with Crippen molar-refractivity contribution in [3.8, 4) is 0 Å². The third-order valence-electron chi connectivity index (χ3n) is 5.51. The summed E-state index contributed by atoms with van der Waals surface area (Å²) in [6, 6.07) is 4.92. The van der Waals surface area contributed by atoms with Gasteiger partial charge in [-0.05, 0) is 25.5 Å². The summed E-state index contributed by atoms with van der Waals surface area (Å²) in [5, 5.41) is 2.84. The Morgan fingerprint density at radius 2 is 1.97 bits per heavy atom. The van der Waals surface area contributed by atoms with Gasteiger partial charge in [-0.15, -0.1) is 0 Å². The van der Waals surface area contributed by atoms with Crippen LogP contribution in [0.15, 0.2) is 23.1 Å². The minimum Gasteiger partial charge on any atom is -0.349 e. The van der Waals surface area contributed by atoms with Gasteiger partial charge in [-0.1, -0.05) is 6.07 Å². The quantitative estimate of drug-likeness (QED) is 0.626. The van der Waals surface area contributed by atoms with Crippen molar-refractivity contribution in [2.24, 2.45) is 0 Å². The molecule has 2 saturated heterocycles. The molecule has 1 amide bonds. The van der Waals surface area contributed by atoms with Crippen molar-refractivity contribution in [1.82, 2.24) is 23.3 Å². The van der Waals surface area contributed by atoms with Gasteiger partial charge in [0.2, 0.25) is 15.9 Å². The van der Waals surface area contributed by atoms with Crippen molar-refractivity contribution in [2.45, 2.75) is 23.8 Å². The third-order valence-corrected chi connectivity index (χ3v) is 9.89. The molecule has 3 heterocycles. The van der Waals surface area contributed by atoms with E-state index >= 15 is 0 Å². The van der Waals surface area contributed by atoms with Gasteiger partial charge in [-0.25, -0.2) is 16.8 Å². The lowest BCUT2D eigenvalue weighted by Crippen LogP contribution is -2.54. The number of fused-ring (bicyclic) bond motifs is 1. The first-order valence-corrected chi connectivity index (χ1v) is 13.5. The minimum absolute atomic E-state index is 0.0468. The maximum Gasteiger partial charge on any atom is 0.245 e. The number of rotatable bonds is 5. The molecule has 0 saturated carbocycles. The molecule has 10 nitrogen and oxygen atoms in total. The molecule has 0 bridgehead atoms. The largest absolute Gasteiger partial charge is 0.349 e. The van der Waals surface area contributed by atoms with E-state index in [9.17, 15) is 21.6 Å². The van der Waals surface area contributed by atoms with E-state index in [1.54, 1.807) is 19.1 Å². The molecular weight excluding hydrogens is 450 g/mol.